The number of nitrogens with one attached hydrogen (secondary N) is 3. The lowest BCUT2D eigenvalue weighted by molar-refractivity contribution is -0.128. The lowest BCUT2D eigenvalue weighted by atomic mass is 10.0. The van der Waals surface area contributed by atoms with Crippen molar-refractivity contribution in [3.63, 3.8) is 0 Å². The molecule has 0 aliphatic rings. The summed E-state index contributed by atoms with van der Waals surface area (Å²) < 4.78 is 0. The van der Waals surface area contributed by atoms with Crippen LogP contribution in [0.5, 0.6) is 0 Å². The molecule has 1 unspecified atom stereocenters. The van der Waals surface area contributed by atoms with Gasteiger partial charge < -0.3 is 21.1 Å². The van der Waals surface area contributed by atoms with E-state index in [1.54, 1.807) is 38.2 Å². The molecule has 2 amide bonds. The van der Waals surface area contributed by atoms with Crippen molar-refractivity contribution in [3.8, 4) is 0 Å². The predicted octanol–water partition coefficient (Wildman–Crippen LogP) is 0.866. The first-order valence-electron chi connectivity index (χ1n) is 7.37. The van der Waals surface area contributed by atoms with E-state index in [-0.39, 0.29) is 30.4 Å². The number of aliphatic hydroxyl groups excluding tert-OH is 1. The van der Waals surface area contributed by atoms with Gasteiger partial charge in [0.15, 0.2) is 0 Å². The van der Waals surface area contributed by atoms with Gasteiger partial charge in [-0.3, -0.25) is 9.59 Å². The maximum atomic E-state index is 12.1. The summed E-state index contributed by atoms with van der Waals surface area (Å²) >= 11 is 0. The van der Waals surface area contributed by atoms with Crippen LogP contribution in [0.15, 0.2) is 24.3 Å². The quantitative estimate of drug-likeness (QED) is 0.601. The van der Waals surface area contributed by atoms with Gasteiger partial charge in [-0.2, -0.15) is 0 Å². The number of benzene rings is 1. The van der Waals surface area contributed by atoms with Crippen LogP contribution in [-0.4, -0.2) is 36.1 Å². The van der Waals surface area contributed by atoms with Gasteiger partial charge in [0, 0.05) is 5.69 Å². The van der Waals surface area contributed by atoms with E-state index < -0.39 is 6.04 Å². The van der Waals surface area contributed by atoms with E-state index >= 15 is 0 Å². The van der Waals surface area contributed by atoms with Crippen molar-refractivity contribution < 1.29 is 14.7 Å². The van der Waals surface area contributed by atoms with Crippen LogP contribution in [0.1, 0.15) is 26.3 Å². The van der Waals surface area contributed by atoms with Crippen LogP contribution in [0.3, 0.4) is 0 Å². The van der Waals surface area contributed by atoms with Gasteiger partial charge in [-0.25, -0.2) is 0 Å². The molecule has 1 aromatic carbocycles. The number of hydrogen-bond donors (Lipinski definition) is 4. The highest BCUT2D eigenvalue weighted by atomic mass is 16.3. The molecule has 0 heterocycles. The molecule has 0 aromatic heterocycles. The number of amides is 2. The molecule has 0 radical (unpaired) electrons. The van der Waals surface area contributed by atoms with Gasteiger partial charge in [-0.05, 0) is 37.6 Å². The molecule has 4 N–H and O–H groups in total. The SMILES string of the molecule is CNC(C(=O)N[C@@H](C)C(=O)Nc1ccc(CO)cc1)C(C)C. The summed E-state index contributed by atoms with van der Waals surface area (Å²) in [4.78, 5) is 24.2. The molecule has 6 heteroatoms. The van der Waals surface area contributed by atoms with Gasteiger partial charge in [0.25, 0.3) is 0 Å². The third-order valence-electron chi connectivity index (χ3n) is 3.42. The topological polar surface area (TPSA) is 90.5 Å². The lowest BCUT2D eigenvalue weighted by Gasteiger charge is -2.22. The van der Waals surface area contributed by atoms with Gasteiger partial charge >= 0.3 is 0 Å². The van der Waals surface area contributed by atoms with E-state index in [0.717, 1.165) is 5.56 Å². The molecule has 122 valence electrons. The second-order valence-electron chi connectivity index (χ2n) is 5.58. The number of likely N-dealkylation sites (N-methyl/N-ethyl adjacent to an activating group) is 1. The lowest BCUT2D eigenvalue weighted by Crippen LogP contribution is -2.51. The Balaban J connectivity index is 2.59. The molecule has 0 saturated carbocycles. The van der Waals surface area contributed by atoms with Crippen molar-refractivity contribution in [1.29, 1.82) is 0 Å². The third-order valence-corrected chi connectivity index (χ3v) is 3.42. The number of carbonyl (C=O) groups is 2. The number of carbonyl (C=O) groups excluding carboxylic acids is 2. The standard InChI is InChI=1S/C16H25N3O3/c1-10(2)14(17-4)16(22)18-11(3)15(21)19-13-7-5-12(9-20)6-8-13/h5-8,10-11,14,17,20H,9H2,1-4H3,(H,18,22)(H,19,21)/t11-,14?/m0/s1. The van der Waals surface area contributed by atoms with E-state index in [4.69, 9.17) is 5.11 Å². The zero-order valence-corrected chi connectivity index (χ0v) is 13.5. The van der Waals surface area contributed by atoms with Gasteiger partial charge in [-0.15, -0.1) is 0 Å². The fraction of sp³-hybridized carbons (Fsp3) is 0.500. The summed E-state index contributed by atoms with van der Waals surface area (Å²) in [6, 6.07) is 5.91. The number of rotatable bonds is 7. The molecule has 2 atom stereocenters. The van der Waals surface area contributed by atoms with Crippen molar-refractivity contribution in [3.05, 3.63) is 29.8 Å². The fourth-order valence-electron chi connectivity index (χ4n) is 2.08. The Morgan fingerprint density at radius 2 is 1.68 bits per heavy atom. The Kier molecular flexibility index (Phi) is 7.01. The van der Waals surface area contributed by atoms with E-state index in [2.05, 4.69) is 16.0 Å². The van der Waals surface area contributed by atoms with Crippen LogP contribution in [0.25, 0.3) is 0 Å². The van der Waals surface area contributed by atoms with Crippen molar-refractivity contribution in [1.82, 2.24) is 10.6 Å². The molecule has 6 nitrogen and oxygen atoms in total. The first-order chi connectivity index (χ1) is 10.4. The van der Waals surface area contributed by atoms with Crippen molar-refractivity contribution in [2.75, 3.05) is 12.4 Å². The Hall–Kier alpha value is -1.92. The van der Waals surface area contributed by atoms with Gasteiger partial charge in [-0.1, -0.05) is 26.0 Å². The average Bonchev–Trinajstić information content (AvgIpc) is 2.48. The molecule has 0 bridgehead atoms. The molecule has 0 saturated heterocycles. The normalized spacial score (nSPS) is 13.5. The Labute approximate surface area is 131 Å². The summed E-state index contributed by atoms with van der Waals surface area (Å²) in [6.45, 7) is 5.48. The average molecular weight is 307 g/mol. The summed E-state index contributed by atoms with van der Waals surface area (Å²) in [5.41, 5.74) is 1.39. The largest absolute Gasteiger partial charge is 0.392 e. The van der Waals surface area contributed by atoms with E-state index in [9.17, 15) is 9.59 Å². The molecule has 0 aliphatic carbocycles. The van der Waals surface area contributed by atoms with Gasteiger partial charge in [0.1, 0.15) is 6.04 Å². The third kappa shape index (κ3) is 5.13. The van der Waals surface area contributed by atoms with Crippen LogP contribution < -0.4 is 16.0 Å². The molecular formula is C16H25N3O3. The molecule has 0 aliphatic heterocycles. The van der Waals surface area contributed by atoms with Crippen LogP contribution in [0, 0.1) is 5.92 Å². The summed E-state index contributed by atoms with van der Waals surface area (Å²) in [6.07, 6.45) is 0. The minimum Gasteiger partial charge on any atom is -0.392 e. The Morgan fingerprint density at radius 3 is 2.14 bits per heavy atom. The van der Waals surface area contributed by atoms with Crippen LogP contribution >= 0.6 is 0 Å². The molecule has 22 heavy (non-hydrogen) atoms. The monoisotopic (exact) mass is 307 g/mol. The number of aliphatic hydroxyl groups is 1. The van der Waals surface area contributed by atoms with Crippen LogP contribution in [0.4, 0.5) is 5.69 Å². The molecule has 1 aromatic rings. The number of anilines is 1. The predicted molar refractivity (Wildman–Crippen MR) is 86.3 cm³/mol. The smallest absolute Gasteiger partial charge is 0.246 e. The summed E-state index contributed by atoms with van der Waals surface area (Å²) in [5, 5.41) is 17.3. The molecular weight excluding hydrogens is 282 g/mol. The van der Waals surface area contributed by atoms with E-state index in [1.807, 2.05) is 13.8 Å². The minimum absolute atomic E-state index is 0.0404. The first kappa shape index (κ1) is 18.1. The summed E-state index contributed by atoms with van der Waals surface area (Å²) in [7, 11) is 1.72. The molecule has 1 rings (SSSR count). The van der Waals surface area contributed by atoms with Crippen LogP contribution in [-0.2, 0) is 16.2 Å². The first-order valence-corrected chi connectivity index (χ1v) is 7.37. The minimum atomic E-state index is -0.639. The van der Waals surface area contributed by atoms with Crippen molar-refractivity contribution in [2.24, 2.45) is 5.92 Å². The highest BCUT2D eigenvalue weighted by Crippen LogP contribution is 2.10. The zero-order chi connectivity index (χ0) is 16.7. The second-order valence-corrected chi connectivity index (χ2v) is 5.58. The van der Waals surface area contributed by atoms with E-state index in [1.165, 1.54) is 0 Å². The Morgan fingerprint density at radius 1 is 1.09 bits per heavy atom. The van der Waals surface area contributed by atoms with Gasteiger partial charge in [0.05, 0.1) is 12.6 Å². The number of hydrogen-bond acceptors (Lipinski definition) is 4. The molecule has 0 spiro atoms. The fourth-order valence-corrected chi connectivity index (χ4v) is 2.08. The maximum absolute atomic E-state index is 12.1. The highest BCUT2D eigenvalue weighted by molar-refractivity contribution is 5.97. The second kappa shape index (κ2) is 8.51. The maximum Gasteiger partial charge on any atom is 0.246 e. The van der Waals surface area contributed by atoms with Gasteiger partial charge in [0.2, 0.25) is 11.8 Å². The summed E-state index contributed by atoms with van der Waals surface area (Å²) in [5.74, 6) is -0.356. The highest BCUT2D eigenvalue weighted by Gasteiger charge is 2.23. The zero-order valence-electron chi connectivity index (χ0n) is 13.5. The van der Waals surface area contributed by atoms with E-state index in [0.29, 0.717) is 5.69 Å². The van der Waals surface area contributed by atoms with Crippen molar-refractivity contribution in [2.45, 2.75) is 39.5 Å². The van der Waals surface area contributed by atoms with Crippen LogP contribution in [0.2, 0.25) is 0 Å². The molecule has 0 fully saturated rings. The van der Waals surface area contributed by atoms with Crippen molar-refractivity contribution >= 4 is 17.5 Å². The Bertz CT molecular complexity index is 500.